The maximum Gasteiger partial charge on any atom is 0.303 e. The van der Waals surface area contributed by atoms with Crippen LogP contribution in [-0.2, 0) is 33.4 Å². The summed E-state index contributed by atoms with van der Waals surface area (Å²) >= 11 is 6.17. The van der Waals surface area contributed by atoms with Gasteiger partial charge in [0.15, 0.2) is 0 Å². The van der Waals surface area contributed by atoms with Crippen LogP contribution in [0, 0.1) is 17.8 Å². The quantitative estimate of drug-likeness (QED) is 0.230. The first-order valence-corrected chi connectivity index (χ1v) is 10.4. The Morgan fingerprint density at radius 2 is 1.62 bits per heavy atom. The van der Waals surface area contributed by atoms with E-state index in [9.17, 15) is 39.3 Å². The molecule has 1 aromatic carbocycles. The molecule has 1 fully saturated rings. The predicted molar refractivity (Wildman–Crippen MR) is 112 cm³/mol. The summed E-state index contributed by atoms with van der Waals surface area (Å²) in [4.78, 5) is 59.9. The van der Waals surface area contributed by atoms with Gasteiger partial charge in [-0.1, -0.05) is 11.6 Å². The van der Waals surface area contributed by atoms with E-state index in [-0.39, 0.29) is 16.5 Å². The first-order chi connectivity index (χ1) is 16.0. The third-order valence-electron chi connectivity index (χ3n) is 5.25. The molecule has 13 heteroatoms. The van der Waals surface area contributed by atoms with Crippen LogP contribution in [0.1, 0.15) is 26.2 Å². The van der Waals surface area contributed by atoms with Crippen LogP contribution in [0.15, 0.2) is 23.2 Å². The number of benzene rings is 1. The number of hydrogen-bond acceptors (Lipinski definition) is 9. The number of isocyanates is 1. The number of hydrogen-bond donors (Lipinski definition) is 3. The molecule has 1 heterocycles. The molecule has 2 rings (SSSR count). The van der Waals surface area contributed by atoms with Gasteiger partial charge >= 0.3 is 23.9 Å². The molecular weight excluding hydrogens is 478 g/mol. The monoisotopic (exact) mass is 499 g/mol. The first-order valence-electron chi connectivity index (χ1n) is 10.00. The van der Waals surface area contributed by atoms with Crippen LogP contribution >= 0.6 is 11.6 Å². The second-order valence-electron chi connectivity index (χ2n) is 7.57. The number of esters is 1. The molecule has 0 saturated carbocycles. The van der Waals surface area contributed by atoms with E-state index in [2.05, 4.69) is 4.99 Å². The lowest BCUT2D eigenvalue weighted by molar-refractivity contribution is -0.237. The van der Waals surface area contributed by atoms with Gasteiger partial charge in [-0.05, 0) is 24.1 Å². The Labute approximate surface area is 198 Å². The van der Waals surface area contributed by atoms with Crippen molar-refractivity contribution in [3.8, 4) is 5.75 Å². The summed E-state index contributed by atoms with van der Waals surface area (Å²) in [6, 6.07) is 4.00. The van der Waals surface area contributed by atoms with Crippen molar-refractivity contribution >= 4 is 47.2 Å². The minimum absolute atomic E-state index is 0.00634. The number of rotatable bonds is 11. The van der Waals surface area contributed by atoms with Gasteiger partial charge in [0, 0.05) is 25.2 Å². The van der Waals surface area contributed by atoms with E-state index in [0.717, 1.165) is 6.92 Å². The third-order valence-corrected chi connectivity index (χ3v) is 5.55. The highest BCUT2D eigenvalue weighted by Crippen LogP contribution is 2.43. The lowest BCUT2D eigenvalue weighted by Gasteiger charge is -2.45. The van der Waals surface area contributed by atoms with Crippen molar-refractivity contribution in [3.05, 3.63) is 23.2 Å². The van der Waals surface area contributed by atoms with Gasteiger partial charge in [0.25, 0.3) is 0 Å². The molecule has 34 heavy (non-hydrogen) atoms. The highest BCUT2D eigenvalue weighted by Gasteiger charge is 2.49. The van der Waals surface area contributed by atoms with E-state index >= 15 is 0 Å². The standard InChI is InChI=1S/C21H22ClNO11/c1-10(25)32-8-17-13(6-19(28)29)12(5-18(26)27)14(7-20(30)31)21(34-17)33-16-3-2-11(23-9-24)4-15(16)22/h2-4,12-14,17,21H,5-8H2,1H3,(H,26,27)(H,28,29)(H,30,31)/t12-,13-,14+,17-,21+/m0/s1. The molecular formula is C21H22ClNO11. The number of nitrogens with zero attached hydrogens (tertiary/aromatic N) is 1. The average Bonchev–Trinajstić information content (AvgIpc) is 2.72. The van der Waals surface area contributed by atoms with E-state index in [1.54, 1.807) is 0 Å². The van der Waals surface area contributed by atoms with Crippen LogP contribution < -0.4 is 4.74 Å². The van der Waals surface area contributed by atoms with Crippen molar-refractivity contribution in [1.82, 2.24) is 0 Å². The summed E-state index contributed by atoms with van der Waals surface area (Å²) in [6.07, 6.45) is -2.83. The highest BCUT2D eigenvalue weighted by atomic mass is 35.5. The van der Waals surface area contributed by atoms with Crippen molar-refractivity contribution in [3.63, 3.8) is 0 Å². The Morgan fingerprint density at radius 3 is 2.15 bits per heavy atom. The molecule has 5 atom stereocenters. The molecule has 3 N–H and O–H groups in total. The zero-order valence-corrected chi connectivity index (χ0v) is 18.6. The summed E-state index contributed by atoms with van der Waals surface area (Å²) < 4.78 is 16.6. The Hall–Kier alpha value is -3.47. The Balaban J connectivity index is 2.49. The first kappa shape index (κ1) is 26.8. The molecule has 0 amide bonds. The summed E-state index contributed by atoms with van der Waals surface area (Å²) in [5, 5.41) is 28.3. The van der Waals surface area contributed by atoms with Gasteiger partial charge in [0.1, 0.15) is 12.4 Å². The normalized spacial score (nSPS) is 23.9. The van der Waals surface area contributed by atoms with Crippen LogP contribution in [0.25, 0.3) is 0 Å². The zero-order valence-electron chi connectivity index (χ0n) is 17.9. The number of ether oxygens (including phenoxy) is 3. The smallest absolute Gasteiger partial charge is 0.303 e. The molecule has 184 valence electrons. The summed E-state index contributed by atoms with van der Waals surface area (Å²) in [6.45, 7) is 0.734. The van der Waals surface area contributed by atoms with Crippen LogP contribution in [0.4, 0.5) is 5.69 Å². The van der Waals surface area contributed by atoms with Gasteiger partial charge in [0.2, 0.25) is 12.4 Å². The van der Waals surface area contributed by atoms with Crippen LogP contribution in [0.5, 0.6) is 5.75 Å². The molecule has 0 aromatic heterocycles. The van der Waals surface area contributed by atoms with E-state index in [1.807, 2.05) is 0 Å². The molecule has 0 unspecified atom stereocenters. The van der Waals surface area contributed by atoms with E-state index < -0.39 is 79.9 Å². The Morgan fingerprint density at radius 1 is 1.03 bits per heavy atom. The number of carboxylic acids is 3. The lowest BCUT2D eigenvalue weighted by Crippen LogP contribution is -2.53. The van der Waals surface area contributed by atoms with Gasteiger partial charge in [-0.25, -0.2) is 4.79 Å². The molecule has 12 nitrogen and oxygen atoms in total. The predicted octanol–water partition coefficient (Wildman–Crippen LogP) is 2.25. The summed E-state index contributed by atoms with van der Waals surface area (Å²) in [5.74, 6) is -7.58. The molecule has 0 bridgehead atoms. The molecule has 0 spiro atoms. The van der Waals surface area contributed by atoms with Crippen molar-refractivity contribution < 1.29 is 53.5 Å². The van der Waals surface area contributed by atoms with E-state index in [1.165, 1.54) is 24.3 Å². The number of carbonyl (C=O) groups excluding carboxylic acids is 2. The summed E-state index contributed by atoms with van der Waals surface area (Å²) in [7, 11) is 0. The molecule has 0 aliphatic carbocycles. The zero-order chi connectivity index (χ0) is 25.4. The Bertz CT molecular complexity index is 991. The fourth-order valence-electron chi connectivity index (χ4n) is 3.92. The molecule has 1 aromatic rings. The Kier molecular flexibility index (Phi) is 9.55. The van der Waals surface area contributed by atoms with Crippen LogP contribution in [0.2, 0.25) is 5.02 Å². The van der Waals surface area contributed by atoms with Gasteiger partial charge < -0.3 is 29.5 Å². The van der Waals surface area contributed by atoms with Gasteiger partial charge in [-0.3, -0.25) is 19.2 Å². The van der Waals surface area contributed by atoms with E-state index in [0.29, 0.717) is 0 Å². The fourth-order valence-corrected chi connectivity index (χ4v) is 4.14. The molecule has 1 aliphatic heterocycles. The van der Waals surface area contributed by atoms with Gasteiger partial charge in [0.05, 0.1) is 29.7 Å². The minimum Gasteiger partial charge on any atom is -0.481 e. The maximum atomic E-state index is 11.6. The van der Waals surface area contributed by atoms with Crippen LogP contribution in [-0.4, -0.2) is 64.3 Å². The fraction of sp³-hybridized carbons (Fsp3) is 0.476. The minimum atomic E-state index is -1.37. The lowest BCUT2D eigenvalue weighted by atomic mass is 9.71. The molecule has 1 aliphatic rings. The topological polar surface area (TPSA) is 186 Å². The highest BCUT2D eigenvalue weighted by molar-refractivity contribution is 6.32. The van der Waals surface area contributed by atoms with E-state index in [4.69, 9.17) is 25.8 Å². The van der Waals surface area contributed by atoms with Gasteiger partial charge in [-0.2, -0.15) is 4.99 Å². The number of halogens is 1. The van der Waals surface area contributed by atoms with Crippen molar-refractivity contribution in [2.75, 3.05) is 6.61 Å². The van der Waals surface area contributed by atoms with Crippen molar-refractivity contribution in [1.29, 1.82) is 0 Å². The second kappa shape index (κ2) is 12.1. The maximum absolute atomic E-state index is 11.6. The average molecular weight is 500 g/mol. The van der Waals surface area contributed by atoms with Crippen LogP contribution in [0.3, 0.4) is 0 Å². The molecule has 1 saturated heterocycles. The second-order valence-corrected chi connectivity index (χ2v) is 7.97. The van der Waals surface area contributed by atoms with Crippen molar-refractivity contribution in [2.45, 2.75) is 38.6 Å². The third kappa shape index (κ3) is 7.55. The number of carbonyl (C=O) groups is 4. The largest absolute Gasteiger partial charge is 0.481 e. The number of aliphatic carboxylic acids is 3. The van der Waals surface area contributed by atoms with Crippen molar-refractivity contribution in [2.24, 2.45) is 22.7 Å². The molecule has 0 radical (unpaired) electrons. The number of aliphatic imine (C=N–C) groups is 1. The summed E-state index contributed by atoms with van der Waals surface area (Å²) in [5.41, 5.74) is 0.178. The SMILES string of the molecule is CC(=O)OC[C@@H]1O[C@@H](Oc2ccc(N=C=O)cc2Cl)[C@H](CC(=O)O)[C@@H](CC(=O)O)[C@@H]1CC(=O)O. The van der Waals surface area contributed by atoms with Gasteiger partial charge in [-0.15, -0.1) is 0 Å². The number of carboxylic acid groups (broad SMARTS) is 3.